The summed E-state index contributed by atoms with van der Waals surface area (Å²) in [6.45, 7) is 11.5. The van der Waals surface area contributed by atoms with Crippen LogP contribution in [0.15, 0.2) is 10.5 Å². The fourth-order valence-electron chi connectivity index (χ4n) is 2.22. The van der Waals surface area contributed by atoms with E-state index in [1.54, 1.807) is 0 Å². The van der Waals surface area contributed by atoms with Crippen LogP contribution in [0.4, 0.5) is 0 Å². The van der Waals surface area contributed by atoms with Gasteiger partial charge in [0.05, 0.1) is 12.6 Å². The van der Waals surface area contributed by atoms with Crippen LogP contribution in [0.25, 0.3) is 0 Å². The van der Waals surface area contributed by atoms with E-state index in [1.807, 2.05) is 0 Å². The summed E-state index contributed by atoms with van der Waals surface area (Å²) in [7, 11) is 0. The summed E-state index contributed by atoms with van der Waals surface area (Å²) in [4.78, 5) is 0. The van der Waals surface area contributed by atoms with Gasteiger partial charge in [-0.1, -0.05) is 0 Å². The molecule has 0 amide bonds. The summed E-state index contributed by atoms with van der Waals surface area (Å²) in [6.07, 6.45) is 2.28. The molecule has 0 unspecified atom stereocenters. The van der Waals surface area contributed by atoms with Crippen LogP contribution < -0.4 is 5.32 Å². The standard InChI is InChI=1S/C16H27NO3/c1-12-9-14(11-19-13-5-7-18-8-6-13)20-15(12)10-17-16(2,3)4/h9,13,17H,5-8,10-11H2,1-4H3. The Balaban J connectivity index is 1.83. The smallest absolute Gasteiger partial charge is 0.130 e. The maximum Gasteiger partial charge on any atom is 0.130 e. The first-order valence-corrected chi connectivity index (χ1v) is 7.46. The summed E-state index contributed by atoms with van der Waals surface area (Å²) in [5, 5.41) is 3.45. The third-order valence-electron chi connectivity index (χ3n) is 3.48. The summed E-state index contributed by atoms with van der Waals surface area (Å²) in [5.74, 6) is 1.92. The lowest BCUT2D eigenvalue weighted by molar-refractivity contribution is -0.0435. The van der Waals surface area contributed by atoms with Crippen molar-refractivity contribution >= 4 is 0 Å². The Morgan fingerprint density at radius 1 is 1.30 bits per heavy atom. The molecular weight excluding hydrogens is 254 g/mol. The maximum atomic E-state index is 5.89. The second-order valence-electron chi connectivity index (χ2n) is 6.55. The van der Waals surface area contributed by atoms with Crippen LogP contribution in [-0.2, 0) is 22.6 Å². The molecule has 1 saturated heterocycles. The monoisotopic (exact) mass is 281 g/mol. The highest BCUT2D eigenvalue weighted by Crippen LogP contribution is 2.19. The first-order chi connectivity index (χ1) is 9.44. The van der Waals surface area contributed by atoms with E-state index >= 15 is 0 Å². The first kappa shape index (κ1) is 15.5. The number of hydrogen-bond acceptors (Lipinski definition) is 4. The van der Waals surface area contributed by atoms with E-state index in [2.05, 4.69) is 39.1 Å². The second-order valence-corrected chi connectivity index (χ2v) is 6.55. The van der Waals surface area contributed by atoms with E-state index in [0.29, 0.717) is 12.7 Å². The average molecular weight is 281 g/mol. The Hall–Kier alpha value is -0.840. The molecule has 0 spiro atoms. The average Bonchev–Trinajstić information content (AvgIpc) is 2.75. The number of hydrogen-bond donors (Lipinski definition) is 1. The van der Waals surface area contributed by atoms with Crippen molar-refractivity contribution in [2.45, 2.75) is 65.3 Å². The van der Waals surface area contributed by atoms with E-state index in [-0.39, 0.29) is 5.54 Å². The predicted octanol–water partition coefficient (Wildman–Crippen LogP) is 3.17. The van der Waals surface area contributed by atoms with Crippen LogP contribution in [0.1, 0.15) is 50.7 Å². The third kappa shape index (κ3) is 4.93. The van der Waals surface area contributed by atoms with Gasteiger partial charge in [-0.25, -0.2) is 0 Å². The number of furan rings is 1. The molecule has 0 atom stereocenters. The van der Waals surface area contributed by atoms with E-state index < -0.39 is 0 Å². The largest absolute Gasteiger partial charge is 0.462 e. The zero-order valence-corrected chi connectivity index (χ0v) is 13.1. The zero-order valence-electron chi connectivity index (χ0n) is 13.1. The van der Waals surface area contributed by atoms with Crippen molar-refractivity contribution in [1.82, 2.24) is 5.32 Å². The highest BCUT2D eigenvalue weighted by Gasteiger charge is 2.16. The summed E-state index contributed by atoms with van der Waals surface area (Å²) in [6, 6.07) is 2.08. The summed E-state index contributed by atoms with van der Waals surface area (Å²) in [5.41, 5.74) is 1.28. The minimum atomic E-state index is 0.0952. The van der Waals surface area contributed by atoms with Crippen molar-refractivity contribution < 1.29 is 13.9 Å². The molecular formula is C16H27NO3. The Bertz CT molecular complexity index is 414. The molecule has 1 aromatic rings. The van der Waals surface area contributed by atoms with Gasteiger partial charge in [0, 0.05) is 18.8 Å². The molecule has 1 aliphatic heterocycles. The van der Waals surface area contributed by atoms with Crippen molar-refractivity contribution in [3.05, 3.63) is 23.2 Å². The molecule has 0 aromatic carbocycles. The Kier molecular flexibility index (Phi) is 5.24. The quantitative estimate of drug-likeness (QED) is 0.900. The molecule has 4 nitrogen and oxygen atoms in total. The molecule has 1 fully saturated rings. The van der Waals surface area contributed by atoms with Gasteiger partial charge in [0.2, 0.25) is 0 Å². The van der Waals surface area contributed by atoms with E-state index in [4.69, 9.17) is 13.9 Å². The molecule has 0 saturated carbocycles. The highest BCUT2D eigenvalue weighted by molar-refractivity contribution is 5.19. The lowest BCUT2D eigenvalue weighted by Gasteiger charge is -2.21. The highest BCUT2D eigenvalue weighted by atomic mass is 16.5. The molecule has 0 radical (unpaired) electrons. The molecule has 114 valence electrons. The van der Waals surface area contributed by atoms with Crippen molar-refractivity contribution in [2.75, 3.05) is 13.2 Å². The molecule has 1 aromatic heterocycles. The van der Waals surface area contributed by atoms with Crippen LogP contribution in [0.5, 0.6) is 0 Å². The van der Waals surface area contributed by atoms with Crippen LogP contribution in [0.2, 0.25) is 0 Å². The zero-order chi connectivity index (χ0) is 14.6. The van der Waals surface area contributed by atoms with Gasteiger partial charge in [0.1, 0.15) is 18.1 Å². The van der Waals surface area contributed by atoms with Crippen LogP contribution in [0, 0.1) is 6.92 Å². The first-order valence-electron chi connectivity index (χ1n) is 7.46. The molecule has 2 rings (SSSR count). The summed E-state index contributed by atoms with van der Waals surface area (Å²) >= 11 is 0. The van der Waals surface area contributed by atoms with Gasteiger partial charge in [-0.05, 0) is 52.2 Å². The second kappa shape index (κ2) is 6.74. The number of ether oxygens (including phenoxy) is 2. The van der Waals surface area contributed by atoms with Crippen molar-refractivity contribution in [3.8, 4) is 0 Å². The predicted molar refractivity (Wildman–Crippen MR) is 78.7 cm³/mol. The Morgan fingerprint density at radius 2 is 2.00 bits per heavy atom. The van der Waals surface area contributed by atoms with Crippen LogP contribution in [-0.4, -0.2) is 24.9 Å². The van der Waals surface area contributed by atoms with Crippen LogP contribution in [0.3, 0.4) is 0 Å². The van der Waals surface area contributed by atoms with Gasteiger partial charge in [-0.2, -0.15) is 0 Å². The molecule has 20 heavy (non-hydrogen) atoms. The minimum Gasteiger partial charge on any atom is -0.462 e. The molecule has 1 aliphatic rings. The lowest BCUT2D eigenvalue weighted by Crippen LogP contribution is -2.35. The molecule has 1 N–H and O–H groups in total. The fourth-order valence-corrected chi connectivity index (χ4v) is 2.22. The number of nitrogens with one attached hydrogen (secondary N) is 1. The lowest BCUT2D eigenvalue weighted by atomic mass is 10.1. The number of rotatable bonds is 5. The maximum absolute atomic E-state index is 5.89. The van der Waals surface area contributed by atoms with E-state index in [1.165, 1.54) is 5.56 Å². The van der Waals surface area contributed by atoms with Gasteiger partial charge in [-0.15, -0.1) is 0 Å². The molecule has 2 heterocycles. The number of aryl methyl sites for hydroxylation is 1. The van der Waals surface area contributed by atoms with E-state index in [0.717, 1.165) is 44.1 Å². The van der Waals surface area contributed by atoms with Crippen LogP contribution >= 0.6 is 0 Å². The topological polar surface area (TPSA) is 43.6 Å². The van der Waals surface area contributed by atoms with Gasteiger partial charge in [-0.3, -0.25) is 0 Å². The Morgan fingerprint density at radius 3 is 2.65 bits per heavy atom. The summed E-state index contributed by atoms with van der Waals surface area (Å²) < 4.78 is 17.1. The van der Waals surface area contributed by atoms with Gasteiger partial charge in [0.25, 0.3) is 0 Å². The van der Waals surface area contributed by atoms with Crippen molar-refractivity contribution in [2.24, 2.45) is 0 Å². The molecule has 0 bridgehead atoms. The van der Waals surface area contributed by atoms with Gasteiger partial charge >= 0.3 is 0 Å². The Labute approximate surface area is 121 Å². The van der Waals surface area contributed by atoms with Gasteiger partial charge in [0.15, 0.2) is 0 Å². The van der Waals surface area contributed by atoms with E-state index in [9.17, 15) is 0 Å². The van der Waals surface area contributed by atoms with Crippen molar-refractivity contribution in [1.29, 1.82) is 0 Å². The normalized spacial score (nSPS) is 17.6. The van der Waals surface area contributed by atoms with Crippen molar-refractivity contribution in [3.63, 3.8) is 0 Å². The minimum absolute atomic E-state index is 0.0952. The fraction of sp³-hybridized carbons (Fsp3) is 0.750. The molecule has 4 heteroatoms. The van der Waals surface area contributed by atoms with Gasteiger partial charge < -0.3 is 19.2 Å². The SMILES string of the molecule is Cc1cc(COC2CCOCC2)oc1CNC(C)(C)C. The molecule has 0 aliphatic carbocycles. The third-order valence-corrected chi connectivity index (χ3v) is 3.48.